The SMILES string of the molecule is O=C(COc1ccc([N+](=O)[O-])cc1)N1N=C(c2cccs2)C[C@@H]1c1cccs1. The molecule has 1 aliphatic rings. The predicted molar refractivity (Wildman–Crippen MR) is 108 cm³/mol. The zero-order chi connectivity index (χ0) is 19.5. The van der Waals surface area contributed by atoms with Gasteiger partial charge in [0.25, 0.3) is 11.6 Å². The second kappa shape index (κ2) is 7.91. The van der Waals surface area contributed by atoms with Crippen molar-refractivity contribution < 1.29 is 14.5 Å². The first-order valence-corrected chi connectivity index (χ1v) is 10.2. The Morgan fingerprint density at radius 1 is 1.18 bits per heavy atom. The maximum atomic E-state index is 12.8. The monoisotopic (exact) mass is 413 g/mol. The van der Waals surface area contributed by atoms with Gasteiger partial charge in [0.05, 0.1) is 21.6 Å². The van der Waals surface area contributed by atoms with Crippen LogP contribution >= 0.6 is 22.7 Å². The molecule has 4 rings (SSSR count). The number of ether oxygens (including phenoxy) is 1. The number of thiophene rings is 2. The number of nitrogens with zero attached hydrogens (tertiary/aromatic N) is 3. The molecule has 0 saturated carbocycles. The Kier molecular flexibility index (Phi) is 5.18. The summed E-state index contributed by atoms with van der Waals surface area (Å²) in [6.45, 7) is -0.194. The molecule has 1 aromatic carbocycles. The fourth-order valence-corrected chi connectivity index (χ4v) is 4.44. The largest absolute Gasteiger partial charge is 0.484 e. The number of amides is 1. The van der Waals surface area contributed by atoms with Crippen molar-refractivity contribution >= 4 is 40.0 Å². The molecule has 3 heterocycles. The molecule has 0 saturated heterocycles. The maximum Gasteiger partial charge on any atom is 0.281 e. The number of hydrazone groups is 1. The van der Waals surface area contributed by atoms with Crippen LogP contribution in [0.3, 0.4) is 0 Å². The number of non-ortho nitro benzene ring substituents is 1. The molecule has 9 heteroatoms. The van der Waals surface area contributed by atoms with Crippen LogP contribution in [0.5, 0.6) is 5.75 Å². The van der Waals surface area contributed by atoms with E-state index in [1.807, 2.05) is 35.0 Å². The number of nitro benzene ring substituents is 1. The number of carbonyl (C=O) groups excluding carboxylic acids is 1. The molecule has 2 aromatic heterocycles. The van der Waals surface area contributed by atoms with Gasteiger partial charge in [0.15, 0.2) is 6.61 Å². The highest BCUT2D eigenvalue weighted by atomic mass is 32.1. The Morgan fingerprint density at radius 3 is 2.57 bits per heavy atom. The Balaban J connectivity index is 1.49. The molecule has 1 amide bonds. The Morgan fingerprint density at radius 2 is 1.93 bits per heavy atom. The summed E-state index contributed by atoms with van der Waals surface area (Å²) in [6, 6.07) is 13.4. The minimum absolute atomic E-state index is 0.0267. The van der Waals surface area contributed by atoms with Crippen molar-refractivity contribution in [2.45, 2.75) is 12.5 Å². The van der Waals surface area contributed by atoms with Crippen LogP contribution in [-0.2, 0) is 4.79 Å². The van der Waals surface area contributed by atoms with Gasteiger partial charge in [-0.25, -0.2) is 5.01 Å². The second-order valence-electron chi connectivity index (χ2n) is 6.04. The lowest BCUT2D eigenvalue weighted by Crippen LogP contribution is -2.31. The van der Waals surface area contributed by atoms with Crippen LogP contribution < -0.4 is 4.74 Å². The van der Waals surface area contributed by atoms with Crippen LogP contribution in [0.2, 0.25) is 0 Å². The van der Waals surface area contributed by atoms with E-state index in [1.165, 1.54) is 29.3 Å². The van der Waals surface area contributed by atoms with Gasteiger partial charge in [0, 0.05) is 23.4 Å². The second-order valence-corrected chi connectivity index (χ2v) is 7.96. The van der Waals surface area contributed by atoms with Crippen molar-refractivity contribution in [3.63, 3.8) is 0 Å². The number of hydrogen-bond donors (Lipinski definition) is 0. The van der Waals surface area contributed by atoms with Crippen LogP contribution in [0.15, 0.2) is 64.4 Å². The number of nitro groups is 1. The Labute approximate surface area is 168 Å². The van der Waals surface area contributed by atoms with Crippen LogP contribution in [0.25, 0.3) is 0 Å². The summed E-state index contributed by atoms with van der Waals surface area (Å²) in [7, 11) is 0. The van der Waals surface area contributed by atoms with Gasteiger partial charge in [-0.15, -0.1) is 22.7 Å². The molecule has 0 N–H and O–H groups in total. The predicted octanol–water partition coefficient (Wildman–Crippen LogP) is 4.47. The van der Waals surface area contributed by atoms with Gasteiger partial charge in [-0.1, -0.05) is 12.1 Å². The standard InChI is InChI=1S/C19H15N3O4S2/c23-19(12-26-14-7-5-13(6-8-14)22(24)25)21-16(18-4-2-10-28-18)11-15(20-21)17-3-1-9-27-17/h1-10,16H,11-12H2/t16-/m1/s1. The zero-order valence-corrected chi connectivity index (χ0v) is 16.2. The highest BCUT2D eigenvalue weighted by Gasteiger charge is 2.34. The molecular weight excluding hydrogens is 398 g/mol. The summed E-state index contributed by atoms with van der Waals surface area (Å²) in [5.74, 6) is 0.136. The third-order valence-corrected chi connectivity index (χ3v) is 6.15. The topological polar surface area (TPSA) is 85.0 Å². The molecule has 1 aliphatic heterocycles. The van der Waals surface area contributed by atoms with Crippen molar-refractivity contribution in [3.05, 3.63) is 79.2 Å². The van der Waals surface area contributed by atoms with Crippen molar-refractivity contribution in [1.29, 1.82) is 0 Å². The number of rotatable bonds is 6. The van der Waals surface area contributed by atoms with E-state index in [2.05, 4.69) is 5.10 Å². The first kappa shape index (κ1) is 18.3. The van der Waals surface area contributed by atoms with E-state index in [0.717, 1.165) is 15.5 Å². The molecule has 0 fully saturated rings. The van der Waals surface area contributed by atoms with Gasteiger partial charge in [-0.3, -0.25) is 14.9 Å². The van der Waals surface area contributed by atoms with Crippen LogP contribution in [0.4, 0.5) is 5.69 Å². The van der Waals surface area contributed by atoms with Gasteiger partial charge in [-0.2, -0.15) is 5.10 Å². The van der Waals surface area contributed by atoms with Gasteiger partial charge in [0.2, 0.25) is 0 Å². The van der Waals surface area contributed by atoms with E-state index in [4.69, 9.17) is 4.74 Å². The minimum atomic E-state index is -0.481. The first-order valence-electron chi connectivity index (χ1n) is 8.46. The first-order chi connectivity index (χ1) is 13.6. The molecule has 0 bridgehead atoms. The number of hydrogen-bond acceptors (Lipinski definition) is 7. The Bertz CT molecular complexity index is 999. The highest BCUT2D eigenvalue weighted by Crippen LogP contribution is 2.36. The fourth-order valence-electron chi connectivity index (χ4n) is 2.91. The van der Waals surface area contributed by atoms with E-state index in [-0.39, 0.29) is 24.2 Å². The molecule has 1 atom stereocenters. The molecule has 0 radical (unpaired) electrons. The van der Waals surface area contributed by atoms with Gasteiger partial charge < -0.3 is 4.74 Å². The lowest BCUT2D eigenvalue weighted by atomic mass is 10.1. The quantitative estimate of drug-likeness (QED) is 0.441. The number of carbonyl (C=O) groups is 1. The van der Waals surface area contributed by atoms with Crippen molar-refractivity contribution in [2.75, 3.05) is 6.61 Å². The summed E-state index contributed by atoms with van der Waals surface area (Å²) >= 11 is 3.19. The molecule has 142 valence electrons. The minimum Gasteiger partial charge on any atom is -0.484 e. The van der Waals surface area contributed by atoms with Crippen LogP contribution in [0.1, 0.15) is 22.2 Å². The average Bonchev–Trinajstić information content (AvgIpc) is 3.46. The Hall–Kier alpha value is -3.04. The molecule has 28 heavy (non-hydrogen) atoms. The van der Waals surface area contributed by atoms with E-state index in [0.29, 0.717) is 12.2 Å². The molecular formula is C19H15N3O4S2. The maximum absolute atomic E-state index is 12.8. The molecule has 0 aliphatic carbocycles. The third kappa shape index (κ3) is 3.80. The third-order valence-electron chi connectivity index (χ3n) is 4.25. The summed E-state index contributed by atoms with van der Waals surface area (Å²) in [5.41, 5.74) is 0.859. The summed E-state index contributed by atoms with van der Waals surface area (Å²) in [6.07, 6.45) is 0.657. The zero-order valence-electron chi connectivity index (χ0n) is 14.6. The molecule has 3 aromatic rings. The van der Waals surface area contributed by atoms with Crippen molar-refractivity contribution in [3.8, 4) is 5.75 Å². The lowest BCUT2D eigenvalue weighted by Gasteiger charge is -2.20. The number of benzene rings is 1. The van der Waals surface area contributed by atoms with Gasteiger partial charge in [-0.05, 0) is 35.0 Å². The van der Waals surface area contributed by atoms with Crippen molar-refractivity contribution in [2.24, 2.45) is 5.10 Å². The van der Waals surface area contributed by atoms with Crippen LogP contribution in [0, 0.1) is 10.1 Å². The van der Waals surface area contributed by atoms with Crippen molar-refractivity contribution in [1.82, 2.24) is 5.01 Å². The van der Waals surface area contributed by atoms with E-state index in [1.54, 1.807) is 22.7 Å². The van der Waals surface area contributed by atoms with E-state index >= 15 is 0 Å². The smallest absolute Gasteiger partial charge is 0.281 e. The lowest BCUT2D eigenvalue weighted by molar-refractivity contribution is -0.384. The van der Waals surface area contributed by atoms with E-state index < -0.39 is 4.92 Å². The summed E-state index contributed by atoms with van der Waals surface area (Å²) in [5, 5.41) is 20.7. The van der Waals surface area contributed by atoms with Crippen LogP contribution in [-0.4, -0.2) is 28.2 Å². The van der Waals surface area contributed by atoms with E-state index in [9.17, 15) is 14.9 Å². The van der Waals surface area contributed by atoms with Gasteiger partial charge in [0.1, 0.15) is 5.75 Å². The summed E-state index contributed by atoms with van der Waals surface area (Å²) in [4.78, 5) is 25.2. The highest BCUT2D eigenvalue weighted by molar-refractivity contribution is 7.12. The fraction of sp³-hybridized carbons (Fsp3) is 0.158. The average molecular weight is 413 g/mol. The molecule has 0 unspecified atom stereocenters. The van der Waals surface area contributed by atoms with Gasteiger partial charge >= 0.3 is 0 Å². The molecule has 7 nitrogen and oxygen atoms in total. The molecule has 0 spiro atoms. The summed E-state index contributed by atoms with van der Waals surface area (Å²) < 4.78 is 5.53. The normalized spacial score (nSPS) is 16.1.